The third-order valence-corrected chi connectivity index (χ3v) is 16.9. The first kappa shape index (κ1) is 79.7. The lowest BCUT2D eigenvalue weighted by atomic mass is 10.0. The number of aromatic nitrogens is 2. The highest BCUT2D eigenvalue weighted by Crippen LogP contribution is 2.25. The summed E-state index contributed by atoms with van der Waals surface area (Å²) in [6.45, 7) is 45.4. The molecule has 2 fully saturated rings. The number of anilines is 4. The number of halogens is 1. The molecule has 0 spiro atoms. The van der Waals surface area contributed by atoms with Crippen molar-refractivity contribution in [1.29, 1.82) is 0 Å². The van der Waals surface area contributed by atoms with Gasteiger partial charge in [-0.3, -0.25) is 14.9 Å². The van der Waals surface area contributed by atoms with E-state index in [-0.39, 0.29) is 0 Å². The van der Waals surface area contributed by atoms with Crippen LogP contribution in [-0.2, 0) is 4.74 Å². The van der Waals surface area contributed by atoms with Crippen molar-refractivity contribution in [2.45, 2.75) is 165 Å². The van der Waals surface area contributed by atoms with Crippen molar-refractivity contribution in [2.24, 2.45) is 0 Å². The zero-order chi connectivity index (χ0) is 70.0. The first-order valence-corrected chi connectivity index (χ1v) is 35.0. The van der Waals surface area contributed by atoms with E-state index < -0.39 is 0 Å². The average molecular weight is 1310 g/mol. The second kappa shape index (κ2) is 42.7. The summed E-state index contributed by atoms with van der Waals surface area (Å²) in [7, 11) is 4.12. The van der Waals surface area contributed by atoms with Crippen molar-refractivity contribution in [3.63, 3.8) is 0 Å². The zero-order valence-electron chi connectivity index (χ0n) is 61.4. The number of rotatable bonds is 11. The maximum Gasteiger partial charge on any atom is 0.115 e. The molecule has 7 aromatic carbocycles. The van der Waals surface area contributed by atoms with Gasteiger partial charge in [-0.25, -0.2) is 0 Å². The number of aromatic hydroxyl groups is 1. The van der Waals surface area contributed by atoms with Gasteiger partial charge in [-0.1, -0.05) is 205 Å². The molecule has 3 N–H and O–H groups in total. The number of hydrogen-bond acceptors (Lipinski definition) is 9. The van der Waals surface area contributed by atoms with Crippen LogP contribution in [0.15, 0.2) is 207 Å². The Morgan fingerprint density at radius 3 is 1.32 bits per heavy atom. The lowest BCUT2D eigenvalue weighted by Gasteiger charge is -2.38. The minimum atomic E-state index is 0.338. The van der Waals surface area contributed by atoms with Gasteiger partial charge in [0.25, 0.3) is 0 Å². The van der Waals surface area contributed by atoms with Crippen LogP contribution in [0, 0.1) is 6.92 Å². The van der Waals surface area contributed by atoms with Crippen molar-refractivity contribution in [1.82, 2.24) is 14.9 Å². The summed E-state index contributed by atoms with van der Waals surface area (Å²) in [5.41, 5.74) is 22.0. The predicted molar refractivity (Wildman–Crippen MR) is 415 cm³/mol. The number of morpholine rings is 1. The molecule has 9 aromatic rings. The number of hydrogen-bond donors (Lipinski definition) is 2. The number of nitrogens with zero attached hydrogens (tertiary/aromatic N) is 6. The van der Waals surface area contributed by atoms with E-state index in [1.54, 1.807) is 12.1 Å². The highest BCUT2D eigenvalue weighted by molar-refractivity contribution is 6.30. The summed E-state index contributed by atoms with van der Waals surface area (Å²) in [6, 6.07) is 67.0. The lowest BCUT2D eigenvalue weighted by Crippen LogP contribution is -2.48. The maximum atomic E-state index is 9.24. The van der Waals surface area contributed by atoms with Crippen LogP contribution in [0.4, 0.5) is 22.7 Å². The molecule has 2 aliphatic heterocycles. The summed E-state index contributed by atoms with van der Waals surface area (Å²) in [6.07, 6.45) is 3.66. The van der Waals surface area contributed by atoms with Gasteiger partial charge in [-0.15, -0.1) is 0 Å². The third kappa shape index (κ3) is 30.3. The van der Waals surface area contributed by atoms with Gasteiger partial charge in [0.1, 0.15) is 5.75 Å². The number of ether oxygens (including phenoxy) is 1. The molecule has 0 unspecified atom stereocenters. The first-order chi connectivity index (χ1) is 45.2. The van der Waals surface area contributed by atoms with E-state index in [2.05, 4.69) is 271 Å². The fourth-order valence-corrected chi connectivity index (χ4v) is 10.3. The topological polar surface area (TPSA) is 94.2 Å². The Morgan fingerprint density at radius 2 is 0.884 bits per heavy atom. The first-order valence-electron chi connectivity index (χ1n) is 34.6. The normalized spacial score (nSPS) is 12.8. The van der Waals surface area contributed by atoms with Crippen LogP contribution in [0.1, 0.15) is 197 Å². The van der Waals surface area contributed by atoms with E-state index in [0.717, 1.165) is 74.4 Å². The number of phenolic OH excluding ortho intramolecular Hbond substituents is 1. The largest absolute Gasteiger partial charge is 0.508 e. The second-order valence-corrected chi connectivity index (χ2v) is 27.7. The molecule has 2 aromatic heterocycles. The molecular formula is C85H118ClN7O2. The Hall–Kier alpha value is -7.69. The Morgan fingerprint density at radius 1 is 0.432 bits per heavy atom. The molecule has 0 amide bonds. The van der Waals surface area contributed by atoms with Crippen LogP contribution in [0.25, 0.3) is 10.9 Å². The number of nitrogens with two attached hydrogens (primary N) is 1. The van der Waals surface area contributed by atoms with Crippen LogP contribution >= 0.6 is 11.6 Å². The smallest absolute Gasteiger partial charge is 0.115 e. The summed E-state index contributed by atoms with van der Waals surface area (Å²) in [4.78, 5) is 17.8. The molecule has 0 bridgehead atoms. The number of piperazine rings is 1. The van der Waals surface area contributed by atoms with Crippen LogP contribution in [0.3, 0.4) is 0 Å². The molecular weight excluding hydrogens is 1190 g/mol. The minimum Gasteiger partial charge on any atom is -0.508 e. The van der Waals surface area contributed by atoms with Gasteiger partial charge in [-0.2, -0.15) is 0 Å². The van der Waals surface area contributed by atoms with E-state index in [0.29, 0.717) is 53.2 Å². The zero-order valence-corrected chi connectivity index (χ0v) is 62.2. The number of fused-ring (bicyclic) bond motifs is 1. The van der Waals surface area contributed by atoms with Gasteiger partial charge in [0.2, 0.25) is 0 Å². The second-order valence-electron chi connectivity index (χ2n) is 27.2. The van der Waals surface area contributed by atoms with Crippen molar-refractivity contribution >= 4 is 45.3 Å². The molecule has 10 heteroatoms. The molecule has 512 valence electrons. The Kier molecular flexibility index (Phi) is 35.8. The van der Waals surface area contributed by atoms with E-state index in [1.807, 2.05) is 85.2 Å². The highest BCUT2D eigenvalue weighted by atomic mass is 35.5. The molecule has 11 rings (SSSR count). The average Bonchev–Trinajstić information content (AvgIpc) is 1.02. The van der Waals surface area contributed by atoms with Crippen LogP contribution < -0.4 is 20.4 Å². The van der Waals surface area contributed by atoms with E-state index in [1.165, 1.54) is 61.4 Å². The molecule has 95 heavy (non-hydrogen) atoms. The number of nitrogen functional groups attached to an aromatic ring is 1. The van der Waals surface area contributed by atoms with E-state index >= 15 is 0 Å². The summed E-state index contributed by atoms with van der Waals surface area (Å²) in [5, 5.41) is 11.3. The van der Waals surface area contributed by atoms with Crippen LogP contribution in [-0.4, -0.2) is 92.6 Å². The van der Waals surface area contributed by atoms with Crippen LogP contribution in [0.5, 0.6) is 5.75 Å². The molecule has 0 atom stereocenters. The third-order valence-electron chi connectivity index (χ3n) is 16.7. The van der Waals surface area contributed by atoms with Gasteiger partial charge >= 0.3 is 0 Å². The van der Waals surface area contributed by atoms with Crippen molar-refractivity contribution in [3.05, 3.63) is 256 Å². The number of phenols is 1. The Labute approximate surface area is 580 Å². The fraction of sp³-hybridized carbons (Fsp3) is 0.412. The molecule has 0 aliphatic carbocycles. The van der Waals surface area contributed by atoms with Gasteiger partial charge in [-0.05, 0) is 199 Å². The summed E-state index contributed by atoms with van der Waals surface area (Å²) >= 11 is 5.79. The van der Waals surface area contributed by atoms with E-state index in [4.69, 9.17) is 22.1 Å². The molecule has 9 nitrogen and oxygen atoms in total. The molecule has 4 heterocycles. The summed E-state index contributed by atoms with van der Waals surface area (Å²) in [5.74, 6) is 4.51. The lowest BCUT2D eigenvalue weighted by molar-refractivity contribution is 0.122. The standard InChI is InChI=1S/C13H20N2O.C13H19NO.C12H13N.C11H17N.C10H14.C9H11Cl.C9H13N.C8H11N/c1-11(2)14-7-9-15(10-8-14)12-3-5-13(16)6-4-12;1-11(2)12-3-5-13(6-4-12)14-7-9-15-10-8-14;1-9(2)10-5-6-12-11(8-10)4-3-7-13-12;1-9(2)10-5-7-11(8-6-10)12(3)4;1-8(2)10-6-4-9(3)5-7-10;2*1-7(2)8-4-3-5-9(10)6-8;1-7(2)8-5-3-4-6-9-8/h3-6,11,16H,7-10H2,1-2H3;3-6,11H,7-10H2,1-2H3;3-9H,1-2H3;5-9H,1-4H3;4-8H,1-3H3;3-7H,1-2H3;3-7H,10H2,1-2H3;3-7H,1-2H3. The Bertz CT molecular complexity index is 3380. The maximum absolute atomic E-state index is 9.24. The Balaban J connectivity index is 0.000000233. The number of benzene rings is 7. The molecule has 0 radical (unpaired) electrons. The monoisotopic (exact) mass is 1300 g/mol. The van der Waals surface area contributed by atoms with Crippen molar-refractivity contribution < 1.29 is 9.84 Å². The predicted octanol–water partition coefficient (Wildman–Crippen LogP) is 22.0. The number of aryl methyl sites for hydroxylation is 1. The molecule has 2 aliphatic rings. The van der Waals surface area contributed by atoms with Crippen LogP contribution in [0.2, 0.25) is 5.02 Å². The van der Waals surface area contributed by atoms with Gasteiger partial charge in [0.15, 0.2) is 0 Å². The highest BCUT2D eigenvalue weighted by Gasteiger charge is 2.19. The van der Waals surface area contributed by atoms with Gasteiger partial charge < -0.3 is 30.3 Å². The SMILES string of the molecule is CC(C)N1CCN(c2ccc(O)cc2)CC1.CC(C)c1ccc(N(C)C)cc1.CC(C)c1ccc(N2CCOCC2)cc1.CC(C)c1ccc2ncccc2c1.CC(C)c1cccc(Cl)c1.CC(C)c1cccc(N)c1.CC(C)c1ccccn1.Cc1ccc(C(C)C)cc1. The quantitative estimate of drug-likeness (QED) is 0.123. The number of pyridine rings is 2. The van der Waals surface area contributed by atoms with Gasteiger partial charge in [0.05, 0.1) is 18.7 Å². The minimum absolute atomic E-state index is 0.338. The summed E-state index contributed by atoms with van der Waals surface area (Å²) < 4.78 is 5.34. The van der Waals surface area contributed by atoms with E-state index in [9.17, 15) is 5.11 Å². The van der Waals surface area contributed by atoms with Crippen molar-refractivity contribution in [3.8, 4) is 5.75 Å². The van der Waals surface area contributed by atoms with Gasteiger partial charge in [0, 0.05) is 111 Å². The molecule has 2 saturated heterocycles. The van der Waals surface area contributed by atoms with Crippen molar-refractivity contribution in [2.75, 3.05) is 87.0 Å². The fourth-order valence-electron chi connectivity index (χ4n) is 10.1. The molecule has 0 saturated carbocycles.